The van der Waals surface area contributed by atoms with Gasteiger partial charge in [-0.3, -0.25) is 14.9 Å². The van der Waals surface area contributed by atoms with Gasteiger partial charge >= 0.3 is 5.69 Å². The Balaban J connectivity index is 2.04. The van der Waals surface area contributed by atoms with Gasteiger partial charge in [0, 0.05) is 4.47 Å². The second kappa shape index (κ2) is 7.59. The first-order valence-corrected chi connectivity index (χ1v) is 7.30. The lowest BCUT2D eigenvalue weighted by atomic mass is 10.3. The normalized spacial score (nSPS) is 10.0. The van der Waals surface area contributed by atoms with Crippen molar-refractivity contribution in [1.29, 1.82) is 0 Å². The number of anilines is 1. The van der Waals surface area contributed by atoms with Gasteiger partial charge in [-0.25, -0.2) is 0 Å². The number of ether oxygens (including phenoxy) is 2. The molecule has 0 aliphatic rings. The Morgan fingerprint density at radius 1 is 1.30 bits per heavy atom. The summed E-state index contributed by atoms with van der Waals surface area (Å²) < 4.78 is 10.9. The summed E-state index contributed by atoms with van der Waals surface area (Å²) in [5, 5.41) is 13.7. The van der Waals surface area contributed by atoms with Gasteiger partial charge in [0.2, 0.25) is 0 Å². The molecule has 0 aromatic heterocycles. The maximum absolute atomic E-state index is 11.9. The van der Waals surface area contributed by atoms with Crippen LogP contribution in [0.25, 0.3) is 0 Å². The Labute approximate surface area is 140 Å². The van der Waals surface area contributed by atoms with Crippen LogP contribution in [0.1, 0.15) is 0 Å². The second-order valence-electron chi connectivity index (χ2n) is 4.41. The molecule has 0 heterocycles. The number of carbonyl (C=O) groups is 1. The molecular formula is C15H13BrN2O5. The van der Waals surface area contributed by atoms with Crippen LogP contribution in [-0.4, -0.2) is 24.5 Å². The van der Waals surface area contributed by atoms with Gasteiger partial charge in [-0.1, -0.05) is 12.1 Å². The van der Waals surface area contributed by atoms with Crippen LogP contribution in [0.3, 0.4) is 0 Å². The van der Waals surface area contributed by atoms with Gasteiger partial charge in [-0.15, -0.1) is 0 Å². The van der Waals surface area contributed by atoms with Crippen molar-refractivity contribution >= 4 is 33.2 Å². The first-order valence-electron chi connectivity index (χ1n) is 6.51. The number of nitro groups is 1. The number of nitrogens with zero attached hydrogens (tertiary/aromatic N) is 1. The van der Waals surface area contributed by atoms with Gasteiger partial charge in [0.1, 0.15) is 5.75 Å². The van der Waals surface area contributed by atoms with Gasteiger partial charge in [0.15, 0.2) is 12.4 Å². The SMILES string of the molecule is COc1ccc(OCC(=O)Nc2ccccc2Br)c([N+](=O)[O-])c1. The molecule has 0 atom stereocenters. The molecule has 2 rings (SSSR count). The van der Waals surface area contributed by atoms with Crippen molar-refractivity contribution in [3.05, 3.63) is 57.1 Å². The minimum atomic E-state index is -0.594. The van der Waals surface area contributed by atoms with Crippen molar-refractivity contribution in [2.45, 2.75) is 0 Å². The number of nitro benzene ring substituents is 1. The number of rotatable bonds is 6. The van der Waals surface area contributed by atoms with E-state index >= 15 is 0 Å². The first kappa shape index (κ1) is 16.8. The van der Waals surface area contributed by atoms with Gasteiger partial charge < -0.3 is 14.8 Å². The standard InChI is InChI=1S/C15H13BrN2O5/c1-22-10-6-7-14(13(8-10)18(20)21)23-9-15(19)17-12-5-3-2-4-11(12)16/h2-8H,9H2,1H3,(H,17,19). The Morgan fingerprint density at radius 2 is 2.04 bits per heavy atom. The molecular weight excluding hydrogens is 368 g/mol. The third-order valence-electron chi connectivity index (χ3n) is 2.87. The summed E-state index contributed by atoms with van der Waals surface area (Å²) in [7, 11) is 1.41. The summed E-state index contributed by atoms with van der Waals surface area (Å²) in [6.45, 7) is -0.353. The van der Waals surface area contributed by atoms with Crippen LogP contribution in [0.5, 0.6) is 11.5 Å². The van der Waals surface area contributed by atoms with E-state index in [1.807, 2.05) is 6.07 Å². The van der Waals surface area contributed by atoms with Crippen molar-refractivity contribution in [1.82, 2.24) is 0 Å². The van der Waals surface area contributed by atoms with E-state index in [0.29, 0.717) is 11.4 Å². The summed E-state index contributed by atoms with van der Waals surface area (Å²) in [4.78, 5) is 22.3. The number of hydrogen-bond donors (Lipinski definition) is 1. The molecule has 120 valence electrons. The molecule has 0 aliphatic carbocycles. The molecule has 7 nitrogen and oxygen atoms in total. The average Bonchev–Trinajstić information content (AvgIpc) is 2.54. The molecule has 0 bridgehead atoms. The van der Waals surface area contributed by atoms with Crippen molar-refractivity contribution < 1.29 is 19.2 Å². The van der Waals surface area contributed by atoms with E-state index in [-0.39, 0.29) is 18.0 Å². The molecule has 0 radical (unpaired) electrons. The third kappa shape index (κ3) is 4.43. The van der Waals surface area contributed by atoms with E-state index in [0.717, 1.165) is 4.47 Å². The van der Waals surface area contributed by atoms with E-state index in [4.69, 9.17) is 9.47 Å². The summed E-state index contributed by atoms with van der Waals surface area (Å²) in [6.07, 6.45) is 0. The van der Waals surface area contributed by atoms with Crippen LogP contribution in [-0.2, 0) is 4.79 Å². The lowest BCUT2D eigenvalue weighted by Gasteiger charge is -2.09. The molecule has 0 unspecified atom stereocenters. The number of halogens is 1. The highest BCUT2D eigenvalue weighted by Gasteiger charge is 2.17. The lowest BCUT2D eigenvalue weighted by Crippen LogP contribution is -2.20. The Kier molecular flexibility index (Phi) is 5.53. The van der Waals surface area contributed by atoms with Crippen molar-refractivity contribution in [2.75, 3.05) is 19.0 Å². The molecule has 0 fully saturated rings. The zero-order valence-corrected chi connectivity index (χ0v) is 13.7. The molecule has 2 aromatic rings. The number of para-hydroxylation sites is 1. The average molecular weight is 381 g/mol. The number of benzene rings is 2. The second-order valence-corrected chi connectivity index (χ2v) is 5.26. The van der Waals surface area contributed by atoms with Crippen molar-refractivity contribution in [3.63, 3.8) is 0 Å². The Bertz CT molecular complexity index is 736. The molecule has 1 N–H and O–H groups in total. The van der Waals surface area contributed by atoms with E-state index in [1.54, 1.807) is 18.2 Å². The zero-order chi connectivity index (χ0) is 16.8. The van der Waals surface area contributed by atoms with E-state index in [9.17, 15) is 14.9 Å². The fourth-order valence-corrected chi connectivity index (χ4v) is 2.16. The fourth-order valence-electron chi connectivity index (χ4n) is 1.78. The minimum absolute atomic E-state index is 0.00178. The van der Waals surface area contributed by atoms with E-state index < -0.39 is 10.8 Å². The monoisotopic (exact) mass is 380 g/mol. The molecule has 0 saturated carbocycles. The molecule has 2 aromatic carbocycles. The Hall–Kier alpha value is -2.61. The van der Waals surface area contributed by atoms with Crippen molar-refractivity contribution in [3.8, 4) is 11.5 Å². The zero-order valence-electron chi connectivity index (χ0n) is 12.1. The summed E-state index contributed by atoms with van der Waals surface area (Å²) in [6, 6.07) is 11.2. The maximum Gasteiger partial charge on any atom is 0.314 e. The molecule has 1 amide bonds. The number of methoxy groups -OCH3 is 1. The van der Waals surface area contributed by atoms with Crippen LogP contribution < -0.4 is 14.8 Å². The fraction of sp³-hybridized carbons (Fsp3) is 0.133. The number of amides is 1. The van der Waals surface area contributed by atoms with Crippen LogP contribution >= 0.6 is 15.9 Å². The summed E-state index contributed by atoms with van der Waals surface area (Å²) >= 11 is 3.31. The molecule has 0 spiro atoms. The van der Waals surface area contributed by atoms with Crippen molar-refractivity contribution in [2.24, 2.45) is 0 Å². The number of hydrogen-bond acceptors (Lipinski definition) is 5. The maximum atomic E-state index is 11.9. The highest BCUT2D eigenvalue weighted by Crippen LogP contribution is 2.31. The highest BCUT2D eigenvalue weighted by molar-refractivity contribution is 9.10. The van der Waals surface area contributed by atoms with Crippen LogP contribution in [0.15, 0.2) is 46.9 Å². The van der Waals surface area contributed by atoms with Gasteiger partial charge in [-0.2, -0.15) is 0 Å². The molecule has 0 aliphatic heterocycles. The van der Waals surface area contributed by atoms with E-state index in [2.05, 4.69) is 21.2 Å². The Morgan fingerprint density at radius 3 is 2.70 bits per heavy atom. The van der Waals surface area contributed by atoms with Gasteiger partial charge in [0.25, 0.3) is 5.91 Å². The predicted octanol–water partition coefficient (Wildman–Crippen LogP) is 3.38. The summed E-state index contributed by atoms with van der Waals surface area (Å²) in [5.41, 5.74) is 0.323. The van der Waals surface area contributed by atoms with Crippen LogP contribution in [0.4, 0.5) is 11.4 Å². The predicted molar refractivity (Wildman–Crippen MR) is 87.9 cm³/mol. The molecule has 8 heteroatoms. The topological polar surface area (TPSA) is 90.7 Å². The first-order chi connectivity index (χ1) is 11.0. The molecule has 23 heavy (non-hydrogen) atoms. The minimum Gasteiger partial charge on any atom is -0.496 e. The lowest BCUT2D eigenvalue weighted by molar-refractivity contribution is -0.385. The van der Waals surface area contributed by atoms with Crippen LogP contribution in [0, 0.1) is 10.1 Å². The van der Waals surface area contributed by atoms with Crippen LogP contribution in [0.2, 0.25) is 0 Å². The largest absolute Gasteiger partial charge is 0.496 e. The van der Waals surface area contributed by atoms with Gasteiger partial charge in [0.05, 0.1) is 23.8 Å². The third-order valence-corrected chi connectivity index (χ3v) is 3.56. The molecule has 0 saturated heterocycles. The van der Waals surface area contributed by atoms with Gasteiger partial charge in [-0.05, 0) is 40.2 Å². The van der Waals surface area contributed by atoms with E-state index in [1.165, 1.54) is 25.3 Å². The quantitative estimate of drug-likeness (QED) is 0.612. The number of carbonyl (C=O) groups excluding carboxylic acids is 1. The smallest absolute Gasteiger partial charge is 0.314 e. The highest BCUT2D eigenvalue weighted by atomic mass is 79.9. The summed E-state index contributed by atoms with van der Waals surface area (Å²) in [5.74, 6) is -0.0955. The number of nitrogens with one attached hydrogen (secondary N) is 1.